The normalized spacial score (nSPS) is 29.2. The Bertz CT molecular complexity index is 441. The maximum absolute atomic E-state index is 5.76. The molecule has 6 nitrogen and oxygen atoms in total. The summed E-state index contributed by atoms with van der Waals surface area (Å²) < 4.78 is 0. The van der Waals surface area contributed by atoms with Crippen LogP contribution in [-0.4, -0.2) is 47.1 Å². The van der Waals surface area contributed by atoms with E-state index in [0.29, 0.717) is 12.0 Å². The van der Waals surface area contributed by atoms with E-state index < -0.39 is 0 Å². The number of nitrogens with two attached hydrogens (primary N) is 1. The minimum Gasteiger partial charge on any atom is -0.370 e. The van der Waals surface area contributed by atoms with Crippen molar-refractivity contribution in [2.75, 3.05) is 42.5 Å². The molecule has 4 N–H and O–H groups in total. The van der Waals surface area contributed by atoms with Crippen molar-refractivity contribution in [2.45, 2.75) is 25.8 Å². The molecule has 1 aromatic heterocycles. The molecule has 4 heterocycles. The predicted molar refractivity (Wildman–Crippen MR) is 77.2 cm³/mol. The van der Waals surface area contributed by atoms with Gasteiger partial charge in [0.25, 0.3) is 0 Å². The van der Waals surface area contributed by atoms with E-state index >= 15 is 0 Å². The number of piperidine rings is 3. The largest absolute Gasteiger partial charge is 0.370 e. The molecule has 6 heteroatoms. The van der Waals surface area contributed by atoms with Crippen LogP contribution in [0.5, 0.6) is 0 Å². The Balaban J connectivity index is 1.72. The number of anilines is 3. The summed E-state index contributed by atoms with van der Waals surface area (Å²) in [6.45, 7) is 6.48. The molecule has 0 aromatic carbocycles. The number of hydrogen-bond acceptors (Lipinski definition) is 6. The molecule has 0 spiro atoms. The van der Waals surface area contributed by atoms with Crippen LogP contribution in [0, 0.1) is 5.92 Å². The molecule has 0 radical (unpaired) electrons. The SMILES string of the molecule is CCNc1cc(NC2CN3CCC2CC3)nc(N)n1. The quantitative estimate of drug-likeness (QED) is 0.751. The van der Waals surface area contributed by atoms with E-state index in [9.17, 15) is 0 Å². The van der Waals surface area contributed by atoms with E-state index in [4.69, 9.17) is 5.73 Å². The highest BCUT2D eigenvalue weighted by Gasteiger charge is 2.34. The van der Waals surface area contributed by atoms with Crippen LogP contribution >= 0.6 is 0 Å². The zero-order valence-electron chi connectivity index (χ0n) is 11.4. The third-order valence-electron chi connectivity index (χ3n) is 4.09. The number of hydrogen-bond donors (Lipinski definition) is 3. The smallest absolute Gasteiger partial charge is 0.223 e. The maximum Gasteiger partial charge on any atom is 0.223 e. The summed E-state index contributed by atoms with van der Waals surface area (Å²) in [6.07, 6.45) is 2.58. The highest BCUT2D eigenvalue weighted by atomic mass is 15.2. The summed E-state index contributed by atoms with van der Waals surface area (Å²) in [5, 5.41) is 6.72. The topological polar surface area (TPSA) is 79.1 Å². The van der Waals surface area contributed by atoms with Crippen molar-refractivity contribution in [3.63, 3.8) is 0 Å². The fraction of sp³-hybridized carbons (Fsp3) is 0.692. The Kier molecular flexibility index (Phi) is 3.42. The van der Waals surface area contributed by atoms with Gasteiger partial charge in [-0.05, 0) is 38.8 Å². The molecule has 0 aliphatic carbocycles. The Labute approximate surface area is 113 Å². The molecule has 0 amide bonds. The molecule has 1 unspecified atom stereocenters. The molecule has 104 valence electrons. The summed E-state index contributed by atoms with van der Waals surface area (Å²) >= 11 is 0. The summed E-state index contributed by atoms with van der Waals surface area (Å²) in [7, 11) is 0. The molecule has 1 atom stereocenters. The molecule has 3 saturated heterocycles. The van der Waals surface area contributed by atoms with Gasteiger partial charge >= 0.3 is 0 Å². The van der Waals surface area contributed by atoms with Gasteiger partial charge in [-0.1, -0.05) is 0 Å². The lowest BCUT2D eigenvalue weighted by molar-refractivity contribution is 0.0974. The number of nitrogens with one attached hydrogen (secondary N) is 2. The standard InChI is InChI=1S/C13H22N6/c1-2-15-11-7-12(18-13(14)17-11)16-10-8-19-5-3-9(10)4-6-19/h7,9-10H,2-6,8H2,1H3,(H4,14,15,16,17,18). The van der Waals surface area contributed by atoms with Crippen LogP contribution in [0.1, 0.15) is 19.8 Å². The molecular formula is C13H22N6. The second-order valence-corrected chi connectivity index (χ2v) is 5.42. The van der Waals surface area contributed by atoms with Crippen LogP contribution in [0.15, 0.2) is 6.07 Å². The van der Waals surface area contributed by atoms with Crippen LogP contribution in [-0.2, 0) is 0 Å². The van der Waals surface area contributed by atoms with Gasteiger partial charge in [0, 0.05) is 25.2 Å². The van der Waals surface area contributed by atoms with E-state index in [1.165, 1.54) is 25.9 Å². The predicted octanol–water partition coefficient (Wildman–Crippen LogP) is 0.997. The summed E-state index contributed by atoms with van der Waals surface area (Å²) in [5.41, 5.74) is 5.76. The fourth-order valence-corrected chi connectivity index (χ4v) is 3.13. The molecule has 1 aromatic rings. The Hall–Kier alpha value is -1.56. The van der Waals surface area contributed by atoms with Crippen LogP contribution in [0.2, 0.25) is 0 Å². The number of aromatic nitrogens is 2. The van der Waals surface area contributed by atoms with Gasteiger partial charge in [0.2, 0.25) is 5.95 Å². The van der Waals surface area contributed by atoms with Crippen LogP contribution in [0.25, 0.3) is 0 Å². The fourth-order valence-electron chi connectivity index (χ4n) is 3.13. The zero-order valence-corrected chi connectivity index (χ0v) is 11.4. The lowest BCUT2D eigenvalue weighted by Crippen LogP contribution is -2.53. The monoisotopic (exact) mass is 262 g/mol. The lowest BCUT2D eigenvalue weighted by atomic mass is 9.84. The van der Waals surface area contributed by atoms with Crippen molar-refractivity contribution in [2.24, 2.45) is 5.92 Å². The van der Waals surface area contributed by atoms with Crippen molar-refractivity contribution < 1.29 is 0 Å². The lowest BCUT2D eigenvalue weighted by Gasteiger charge is -2.45. The van der Waals surface area contributed by atoms with Crippen molar-refractivity contribution in [1.82, 2.24) is 14.9 Å². The first-order valence-corrected chi connectivity index (χ1v) is 7.12. The zero-order chi connectivity index (χ0) is 13.2. The third-order valence-corrected chi connectivity index (χ3v) is 4.09. The molecule has 3 aliphatic heterocycles. The van der Waals surface area contributed by atoms with Crippen molar-refractivity contribution in [1.29, 1.82) is 0 Å². The molecule has 2 bridgehead atoms. The molecule has 3 fully saturated rings. The molecule has 4 rings (SSSR count). The van der Waals surface area contributed by atoms with E-state index in [0.717, 1.165) is 30.6 Å². The Morgan fingerprint density at radius 2 is 2.05 bits per heavy atom. The maximum atomic E-state index is 5.76. The third kappa shape index (κ3) is 2.73. The molecule has 3 aliphatic rings. The highest BCUT2D eigenvalue weighted by Crippen LogP contribution is 2.29. The van der Waals surface area contributed by atoms with Crippen LogP contribution in [0.4, 0.5) is 17.6 Å². The van der Waals surface area contributed by atoms with E-state index in [1.807, 2.05) is 13.0 Å². The summed E-state index contributed by atoms with van der Waals surface area (Å²) in [5.74, 6) is 2.71. The first-order valence-electron chi connectivity index (χ1n) is 7.12. The first kappa shape index (κ1) is 12.5. The number of nitrogen functional groups attached to an aromatic ring is 1. The van der Waals surface area contributed by atoms with Gasteiger partial charge < -0.3 is 21.3 Å². The average molecular weight is 262 g/mol. The van der Waals surface area contributed by atoms with Crippen LogP contribution in [0.3, 0.4) is 0 Å². The second kappa shape index (κ2) is 5.21. The van der Waals surface area contributed by atoms with E-state index in [1.54, 1.807) is 0 Å². The van der Waals surface area contributed by atoms with Gasteiger partial charge in [0.15, 0.2) is 0 Å². The Morgan fingerprint density at radius 3 is 2.68 bits per heavy atom. The van der Waals surface area contributed by atoms with E-state index in [2.05, 4.69) is 25.5 Å². The van der Waals surface area contributed by atoms with E-state index in [-0.39, 0.29) is 0 Å². The first-order chi connectivity index (χ1) is 9.24. The van der Waals surface area contributed by atoms with Gasteiger partial charge in [-0.2, -0.15) is 9.97 Å². The highest BCUT2D eigenvalue weighted by molar-refractivity contribution is 5.51. The number of nitrogens with zero attached hydrogens (tertiary/aromatic N) is 3. The molecule has 0 saturated carbocycles. The summed E-state index contributed by atoms with van der Waals surface area (Å²) in [4.78, 5) is 11.0. The number of rotatable bonds is 4. The van der Waals surface area contributed by atoms with Gasteiger partial charge in [0.05, 0.1) is 0 Å². The average Bonchev–Trinajstić information content (AvgIpc) is 2.39. The molecular weight excluding hydrogens is 240 g/mol. The van der Waals surface area contributed by atoms with Gasteiger partial charge in [0.1, 0.15) is 11.6 Å². The second-order valence-electron chi connectivity index (χ2n) is 5.42. The van der Waals surface area contributed by atoms with Crippen molar-refractivity contribution in [3.05, 3.63) is 6.07 Å². The molecule has 19 heavy (non-hydrogen) atoms. The Morgan fingerprint density at radius 1 is 1.32 bits per heavy atom. The summed E-state index contributed by atoms with van der Waals surface area (Å²) in [6, 6.07) is 2.43. The minimum atomic E-state index is 0.322. The van der Waals surface area contributed by atoms with Gasteiger partial charge in [-0.25, -0.2) is 0 Å². The van der Waals surface area contributed by atoms with Crippen molar-refractivity contribution >= 4 is 17.6 Å². The van der Waals surface area contributed by atoms with Crippen molar-refractivity contribution in [3.8, 4) is 0 Å². The minimum absolute atomic E-state index is 0.322. The van der Waals surface area contributed by atoms with Gasteiger partial charge in [-0.3, -0.25) is 0 Å². The number of fused-ring (bicyclic) bond motifs is 3. The van der Waals surface area contributed by atoms with Crippen LogP contribution < -0.4 is 16.4 Å². The van der Waals surface area contributed by atoms with Gasteiger partial charge in [-0.15, -0.1) is 0 Å².